The minimum absolute atomic E-state index is 0.0166. The van der Waals surface area contributed by atoms with Gasteiger partial charge in [0.05, 0.1) is 0 Å². The number of carbonyl (C=O) groups excluding carboxylic acids is 2. The Hall–Kier alpha value is -2.45. The Morgan fingerprint density at radius 2 is 1.70 bits per heavy atom. The van der Waals surface area contributed by atoms with Crippen molar-refractivity contribution in [3.8, 4) is 5.75 Å². The zero-order valence-electron chi connectivity index (χ0n) is 15.2. The summed E-state index contributed by atoms with van der Waals surface area (Å²) < 4.78 is 6.37. The maximum atomic E-state index is 12.2. The molecule has 8 heteroatoms. The summed E-state index contributed by atoms with van der Waals surface area (Å²) in [6, 6.07) is 11.0. The van der Waals surface area contributed by atoms with Crippen molar-refractivity contribution >= 4 is 45.1 Å². The summed E-state index contributed by atoms with van der Waals surface area (Å²) in [5.74, 6) is -0.130. The molecule has 0 saturated heterocycles. The number of hydrogen-bond acceptors (Lipinski definition) is 4. The zero-order chi connectivity index (χ0) is 20.0. The monoisotopic (exact) mass is 449 g/mol. The fourth-order valence-corrected chi connectivity index (χ4v) is 2.79. The number of hydrogen-bond donors (Lipinski definition) is 3. The van der Waals surface area contributed by atoms with E-state index in [2.05, 4.69) is 32.1 Å². The number of benzene rings is 2. The maximum absolute atomic E-state index is 12.2. The van der Waals surface area contributed by atoms with E-state index in [9.17, 15) is 9.59 Å². The third-order valence-electron chi connectivity index (χ3n) is 3.73. The van der Waals surface area contributed by atoms with E-state index in [1.807, 2.05) is 45.0 Å². The summed E-state index contributed by atoms with van der Waals surface area (Å²) in [5, 5.41) is 2.48. The molecule has 0 aliphatic rings. The molecular weight excluding hydrogens is 430 g/mol. The van der Waals surface area contributed by atoms with Gasteiger partial charge in [0.2, 0.25) is 0 Å². The molecule has 2 amide bonds. The van der Waals surface area contributed by atoms with Crippen LogP contribution < -0.4 is 20.9 Å². The number of hydrazine groups is 1. The van der Waals surface area contributed by atoms with E-state index in [0.29, 0.717) is 11.3 Å². The number of ether oxygens (including phenoxy) is 1. The second kappa shape index (κ2) is 9.48. The highest BCUT2D eigenvalue weighted by molar-refractivity contribution is 9.10. The van der Waals surface area contributed by atoms with Gasteiger partial charge >= 0.3 is 0 Å². The van der Waals surface area contributed by atoms with Crippen LogP contribution in [0.25, 0.3) is 0 Å². The molecule has 0 bridgehead atoms. The van der Waals surface area contributed by atoms with E-state index in [1.165, 1.54) is 0 Å². The minimum Gasteiger partial charge on any atom is -0.483 e. The van der Waals surface area contributed by atoms with E-state index in [0.717, 1.165) is 21.2 Å². The van der Waals surface area contributed by atoms with Crippen LogP contribution >= 0.6 is 28.1 Å². The minimum atomic E-state index is -0.424. The number of amides is 2. The predicted octanol–water partition coefficient (Wildman–Crippen LogP) is 3.09. The van der Waals surface area contributed by atoms with Crippen molar-refractivity contribution in [1.82, 2.24) is 16.2 Å². The summed E-state index contributed by atoms with van der Waals surface area (Å²) >= 11 is 8.39. The van der Waals surface area contributed by atoms with Gasteiger partial charge in [-0.25, -0.2) is 0 Å². The van der Waals surface area contributed by atoms with Crippen molar-refractivity contribution in [3.63, 3.8) is 0 Å². The highest BCUT2D eigenvalue weighted by atomic mass is 79.9. The molecule has 27 heavy (non-hydrogen) atoms. The lowest BCUT2D eigenvalue weighted by Crippen LogP contribution is -2.49. The molecule has 0 aromatic heterocycles. The lowest BCUT2D eigenvalue weighted by Gasteiger charge is -2.13. The largest absolute Gasteiger partial charge is 0.483 e. The number of nitrogens with one attached hydrogen (secondary N) is 3. The Kier molecular flexibility index (Phi) is 7.32. The van der Waals surface area contributed by atoms with E-state index >= 15 is 0 Å². The lowest BCUT2D eigenvalue weighted by molar-refractivity contribution is -0.123. The third kappa shape index (κ3) is 6.04. The molecule has 0 aliphatic heterocycles. The number of thiocarbonyl (C=S) groups is 1. The second-order valence-electron chi connectivity index (χ2n) is 5.93. The van der Waals surface area contributed by atoms with Gasteiger partial charge in [-0.05, 0) is 61.8 Å². The molecule has 0 radical (unpaired) electrons. The summed E-state index contributed by atoms with van der Waals surface area (Å²) in [5.41, 5.74) is 8.23. The van der Waals surface area contributed by atoms with E-state index in [4.69, 9.17) is 17.0 Å². The first-order valence-electron chi connectivity index (χ1n) is 8.13. The van der Waals surface area contributed by atoms with Gasteiger partial charge in [-0.15, -0.1) is 0 Å². The molecule has 0 spiro atoms. The summed E-state index contributed by atoms with van der Waals surface area (Å²) in [6.45, 7) is 5.56. The van der Waals surface area contributed by atoms with Crippen molar-refractivity contribution in [2.75, 3.05) is 6.61 Å². The van der Waals surface area contributed by atoms with Gasteiger partial charge in [0, 0.05) is 10.0 Å². The topological polar surface area (TPSA) is 79.5 Å². The Morgan fingerprint density at radius 3 is 2.33 bits per heavy atom. The van der Waals surface area contributed by atoms with Crippen molar-refractivity contribution in [1.29, 1.82) is 0 Å². The van der Waals surface area contributed by atoms with Crippen molar-refractivity contribution in [3.05, 3.63) is 63.1 Å². The van der Waals surface area contributed by atoms with Crippen LogP contribution in [0.4, 0.5) is 0 Å². The van der Waals surface area contributed by atoms with Gasteiger partial charge in [-0.1, -0.05) is 40.2 Å². The molecule has 0 unspecified atom stereocenters. The maximum Gasteiger partial charge on any atom is 0.276 e. The Bertz CT molecular complexity index is 866. The first-order chi connectivity index (χ1) is 12.8. The van der Waals surface area contributed by atoms with Crippen molar-refractivity contribution in [2.45, 2.75) is 20.8 Å². The number of rotatable bonds is 4. The first kappa shape index (κ1) is 20.9. The average molecular weight is 450 g/mol. The Labute approximate surface area is 171 Å². The van der Waals surface area contributed by atoms with Crippen LogP contribution in [-0.4, -0.2) is 23.5 Å². The summed E-state index contributed by atoms with van der Waals surface area (Å²) in [4.78, 5) is 24.1. The van der Waals surface area contributed by atoms with Crippen molar-refractivity contribution in [2.24, 2.45) is 0 Å². The molecule has 142 valence electrons. The lowest BCUT2D eigenvalue weighted by atomic mass is 10.1. The Morgan fingerprint density at radius 1 is 1.04 bits per heavy atom. The number of aryl methyl sites for hydroxylation is 3. The molecule has 0 saturated carbocycles. The highest BCUT2D eigenvalue weighted by Gasteiger charge is 2.11. The number of halogens is 1. The fourth-order valence-electron chi connectivity index (χ4n) is 2.27. The van der Waals surface area contributed by atoms with Gasteiger partial charge in [0.25, 0.3) is 11.8 Å². The summed E-state index contributed by atoms with van der Waals surface area (Å²) in [6.07, 6.45) is 0. The molecule has 2 aromatic carbocycles. The molecule has 2 aromatic rings. The highest BCUT2D eigenvalue weighted by Crippen LogP contribution is 2.22. The number of para-hydroxylation sites is 1. The van der Waals surface area contributed by atoms with Crippen LogP contribution in [0, 0.1) is 20.8 Å². The standard InChI is InChI=1S/C19H20BrN3O3S/c1-11-7-8-14(9-15(11)20)18(25)21-19(27)23-22-16(24)10-26-17-12(2)5-4-6-13(17)3/h4-9H,10H2,1-3H3,(H,22,24)(H2,21,23,25,27). The average Bonchev–Trinajstić information content (AvgIpc) is 2.61. The molecule has 6 nitrogen and oxygen atoms in total. The normalized spacial score (nSPS) is 10.1. The van der Waals surface area contributed by atoms with E-state index in [1.54, 1.807) is 12.1 Å². The third-order valence-corrected chi connectivity index (χ3v) is 4.79. The van der Waals surface area contributed by atoms with Crippen LogP contribution in [0.3, 0.4) is 0 Å². The molecular formula is C19H20BrN3O3S. The quantitative estimate of drug-likeness (QED) is 0.493. The van der Waals surface area contributed by atoms with Crippen LogP contribution in [0.15, 0.2) is 40.9 Å². The SMILES string of the molecule is Cc1ccc(C(=O)NC(=S)NNC(=O)COc2c(C)cccc2C)cc1Br. The molecule has 0 heterocycles. The van der Waals surface area contributed by atoms with Crippen LogP contribution in [0.2, 0.25) is 0 Å². The van der Waals surface area contributed by atoms with E-state index < -0.39 is 5.91 Å². The fraction of sp³-hybridized carbons (Fsp3) is 0.211. The first-order valence-corrected chi connectivity index (χ1v) is 9.33. The second-order valence-corrected chi connectivity index (χ2v) is 7.19. The summed E-state index contributed by atoms with van der Waals surface area (Å²) in [7, 11) is 0. The number of carbonyl (C=O) groups is 2. The van der Waals surface area contributed by atoms with Crippen LogP contribution in [-0.2, 0) is 4.79 Å². The molecule has 0 atom stereocenters. The van der Waals surface area contributed by atoms with Gasteiger partial charge in [-0.2, -0.15) is 0 Å². The van der Waals surface area contributed by atoms with Gasteiger partial charge < -0.3 is 4.74 Å². The van der Waals surface area contributed by atoms with Crippen LogP contribution in [0.5, 0.6) is 5.75 Å². The molecule has 2 rings (SSSR count). The predicted molar refractivity (Wildman–Crippen MR) is 112 cm³/mol. The zero-order valence-corrected chi connectivity index (χ0v) is 17.6. The molecule has 0 fully saturated rings. The van der Waals surface area contributed by atoms with Gasteiger partial charge in [0.1, 0.15) is 5.75 Å². The smallest absolute Gasteiger partial charge is 0.276 e. The van der Waals surface area contributed by atoms with Gasteiger partial charge in [-0.3, -0.25) is 25.8 Å². The van der Waals surface area contributed by atoms with Crippen molar-refractivity contribution < 1.29 is 14.3 Å². The molecule has 0 aliphatic carbocycles. The van der Waals surface area contributed by atoms with Crippen LogP contribution in [0.1, 0.15) is 27.0 Å². The molecule has 3 N–H and O–H groups in total. The Balaban J connectivity index is 1.80. The van der Waals surface area contributed by atoms with Gasteiger partial charge in [0.15, 0.2) is 11.7 Å². The van der Waals surface area contributed by atoms with E-state index in [-0.39, 0.29) is 17.6 Å².